The molecule has 0 saturated carbocycles. The number of nitrogens with one attached hydrogen (secondary N) is 1. The van der Waals surface area contributed by atoms with Gasteiger partial charge in [0.2, 0.25) is 0 Å². The Morgan fingerprint density at radius 2 is 1.84 bits per heavy atom. The number of fused-ring (bicyclic) bond motifs is 1. The van der Waals surface area contributed by atoms with Gasteiger partial charge in [-0.2, -0.15) is 0 Å². The number of anilines is 1. The molecule has 1 N–H and O–H groups in total. The summed E-state index contributed by atoms with van der Waals surface area (Å²) in [5, 5.41) is 4.82. The predicted octanol–water partition coefficient (Wildman–Crippen LogP) is 4.10. The number of rotatable bonds is 3. The molecule has 0 fully saturated rings. The lowest BCUT2D eigenvalue weighted by Gasteiger charge is -2.10. The van der Waals surface area contributed by atoms with Gasteiger partial charge in [0.15, 0.2) is 0 Å². The molecule has 1 aromatic heterocycles. The zero-order chi connectivity index (χ0) is 13.2. The maximum absolute atomic E-state index is 3.54. The summed E-state index contributed by atoms with van der Waals surface area (Å²) in [6.07, 6.45) is 2.10. The van der Waals surface area contributed by atoms with Crippen LogP contribution >= 0.6 is 0 Å². The minimum absolute atomic E-state index is 0.862. The van der Waals surface area contributed by atoms with Crippen LogP contribution in [0.2, 0.25) is 0 Å². The quantitative estimate of drug-likeness (QED) is 0.740. The first-order valence-corrected chi connectivity index (χ1v) is 6.58. The lowest BCUT2D eigenvalue weighted by molar-refractivity contribution is 0.969. The molecule has 1 heterocycles. The third-order valence-electron chi connectivity index (χ3n) is 3.66. The third-order valence-corrected chi connectivity index (χ3v) is 3.66. The van der Waals surface area contributed by atoms with Crippen LogP contribution < -0.4 is 5.32 Å². The van der Waals surface area contributed by atoms with Gasteiger partial charge in [0.25, 0.3) is 0 Å². The van der Waals surface area contributed by atoms with Gasteiger partial charge in [-0.05, 0) is 36.2 Å². The zero-order valence-corrected chi connectivity index (χ0v) is 11.4. The molecule has 19 heavy (non-hydrogen) atoms. The Morgan fingerprint density at radius 3 is 2.68 bits per heavy atom. The predicted molar refractivity (Wildman–Crippen MR) is 81.4 cm³/mol. The highest BCUT2D eigenvalue weighted by Gasteiger charge is 2.03. The van der Waals surface area contributed by atoms with Crippen molar-refractivity contribution >= 4 is 16.6 Å². The smallest absolute Gasteiger partial charge is 0.0498 e. The molecule has 3 rings (SSSR count). The molecule has 0 amide bonds. The van der Waals surface area contributed by atoms with Crippen LogP contribution in [-0.4, -0.2) is 4.57 Å². The largest absolute Gasteiger partial charge is 0.380 e. The van der Waals surface area contributed by atoms with Crippen molar-refractivity contribution in [3.8, 4) is 0 Å². The number of aromatic nitrogens is 1. The average molecular weight is 250 g/mol. The van der Waals surface area contributed by atoms with Gasteiger partial charge in [-0.15, -0.1) is 0 Å². The van der Waals surface area contributed by atoms with Crippen LogP contribution in [0.3, 0.4) is 0 Å². The highest BCUT2D eigenvalue weighted by Crippen LogP contribution is 2.24. The molecule has 0 aliphatic heterocycles. The van der Waals surface area contributed by atoms with E-state index in [1.54, 1.807) is 0 Å². The molecule has 0 unspecified atom stereocenters. The number of aryl methyl sites for hydroxylation is 2. The van der Waals surface area contributed by atoms with Gasteiger partial charge in [0.1, 0.15) is 0 Å². The van der Waals surface area contributed by atoms with E-state index < -0.39 is 0 Å². The molecule has 2 aromatic carbocycles. The molecule has 0 bridgehead atoms. The summed E-state index contributed by atoms with van der Waals surface area (Å²) >= 11 is 0. The highest BCUT2D eigenvalue weighted by atomic mass is 14.9. The molecule has 0 spiro atoms. The Balaban J connectivity index is 1.88. The topological polar surface area (TPSA) is 17.0 Å². The van der Waals surface area contributed by atoms with Crippen molar-refractivity contribution in [2.75, 3.05) is 5.32 Å². The van der Waals surface area contributed by atoms with Crippen LogP contribution in [0.25, 0.3) is 10.9 Å². The van der Waals surface area contributed by atoms with Gasteiger partial charge in [0, 0.05) is 36.4 Å². The Bertz CT molecular complexity index is 710. The van der Waals surface area contributed by atoms with E-state index in [9.17, 15) is 0 Å². The Hall–Kier alpha value is -2.22. The maximum Gasteiger partial charge on any atom is 0.0498 e. The van der Waals surface area contributed by atoms with Crippen molar-refractivity contribution in [1.82, 2.24) is 4.57 Å². The van der Waals surface area contributed by atoms with Gasteiger partial charge in [-0.25, -0.2) is 0 Å². The summed E-state index contributed by atoms with van der Waals surface area (Å²) in [5.74, 6) is 0. The first-order valence-electron chi connectivity index (χ1n) is 6.58. The Kier molecular flexibility index (Phi) is 3.00. The standard InChI is InChI=1S/C17H18N2/c1-13-6-3-4-7-14(13)12-18-16-8-5-9-17-15(16)10-11-19(17)2/h3-11,18H,12H2,1-2H3. The van der Waals surface area contributed by atoms with Crippen molar-refractivity contribution in [2.45, 2.75) is 13.5 Å². The maximum atomic E-state index is 3.54. The van der Waals surface area contributed by atoms with Gasteiger partial charge >= 0.3 is 0 Å². The first-order chi connectivity index (χ1) is 9.25. The molecule has 96 valence electrons. The van der Waals surface area contributed by atoms with E-state index >= 15 is 0 Å². The number of hydrogen-bond donors (Lipinski definition) is 1. The normalized spacial score (nSPS) is 10.8. The van der Waals surface area contributed by atoms with Crippen molar-refractivity contribution in [3.05, 3.63) is 65.9 Å². The molecule has 0 radical (unpaired) electrons. The summed E-state index contributed by atoms with van der Waals surface area (Å²) in [5.41, 5.74) is 5.13. The number of nitrogens with zero attached hydrogens (tertiary/aromatic N) is 1. The summed E-state index contributed by atoms with van der Waals surface area (Å²) in [7, 11) is 2.08. The van der Waals surface area contributed by atoms with E-state index in [1.165, 1.54) is 27.7 Å². The number of benzene rings is 2. The second-order valence-corrected chi connectivity index (χ2v) is 4.95. The minimum Gasteiger partial charge on any atom is -0.380 e. The lowest BCUT2D eigenvalue weighted by atomic mass is 10.1. The minimum atomic E-state index is 0.862. The van der Waals surface area contributed by atoms with Crippen LogP contribution in [0.15, 0.2) is 54.7 Å². The molecule has 0 saturated heterocycles. The second kappa shape index (κ2) is 4.81. The molecule has 0 aliphatic carbocycles. The van der Waals surface area contributed by atoms with Crippen molar-refractivity contribution in [2.24, 2.45) is 7.05 Å². The Morgan fingerprint density at radius 1 is 1.00 bits per heavy atom. The van der Waals surface area contributed by atoms with Crippen molar-refractivity contribution < 1.29 is 0 Å². The van der Waals surface area contributed by atoms with Crippen molar-refractivity contribution in [1.29, 1.82) is 0 Å². The van der Waals surface area contributed by atoms with E-state index in [2.05, 4.69) is 78.6 Å². The number of hydrogen-bond acceptors (Lipinski definition) is 1. The van der Waals surface area contributed by atoms with Gasteiger partial charge in [-0.3, -0.25) is 0 Å². The van der Waals surface area contributed by atoms with Crippen LogP contribution in [0.4, 0.5) is 5.69 Å². The highest BCUT2D eigenvalue weighted by molar-refractivity contribution is 5.92. The average Bonchev–Trinajstić information content (AvgIpc) is 2.81. The molecule has 0 atom stereocenters. The third kappa shape index (κ3) is 2.22. The molecule has 0 aliphatic rings. The van der Waals surface area contributed by atoms with Crippen molar-refractivity contribution in [3.63, 3.8) is 0 Å². The van der Waals surface area contributed by atoms with Gasteiger partial charge in [0.05, 0.1) is 0 Å². The summed E-state index contributed by atoms with van der Waals surface area (Å²) in [6, 6.07) is 17.0. The van der Waals surface area contributed by atoms with Crippen LogP contribution in [0.1, 0.15) is 11.1 Å². The van der Waals surface area contributed by atoms with Crippen LogP contribution in [0.5, 0.6) is 0 Å². The fraction of sp³-hybridized carbons (Fsp3) is 0.176. The van der Waals surface area contributed by atoms with Gasteiger partial charge < -0.3 is 9.88 Å². The van der Waals surface area contributed by atoms with E-state index in [0.29, 0.717) is 0 Å². The fourth-order valence-corrected chi connectivity index (χ4v) is 2.46. The van der Waals surface area contributed by atoms with Crippen LogP contribution in [0, 0.1) is 6.92 Å². The monoisotopic (exact) mass is 250 g/mol. The second-order valence-electron chi connectivity index (χ2n) is 4.95. The van der Waals surface area contributed by atoms with Crippen LogP contribution in [-0.2, 0) is 13.6 Å². The SMILES string of the molecule is Cc1ccccc1CNc1cccc2c1ccn2C. The van der Waals surface area contributed by atoms with E-state index in [4.69, 9.17) is 0 Å². The zero-order valence-electron chi connectivity index (χ0n) is 11.4. The molecule has 3 aromatic rings. The fourth-order valence-electron chi connectivity index (χ4n) is 2.46. The molecule has 2 heteroatoms. The lowest BCUT2D eigenvalue weighted by Crippen LogP contribution is -2.01. The Labute approximate surface area is 113 Å². The first kappa shape index (κ1) is 11.8. The van der Waals surface area contributed by atoms with E-state index in [0.717, 1.165) is 6.54 Å². The summed E-state index contributed by atoms with van der Waals surface area (Å²) in [6.45, 7) is 3.01. The van der Waals surface area contributed by atoms with E-state index in [1.807, 2.05) is 0 Å². The molecular weight excluding hydrogens is 232 g/mol. The molecule has 2 nitrogen and oxygen atoms in total. The summed E-state index contributed by atoms with van der Waals surface area (Å²) in [4.78, 5) is 0. The van der Waals surface area contributed by atoms with E-state index in [-0.39, 0.29) is 0 Å². The summed E-state index contributed by atoms with van der Waals surface area (Å²) < 4.78 is 2.15. The van der Waals surface area contributed by atoms with Gasteiger partial charge in [-0.1, -0.05) is 30.3 Å². The molecular formula is C17H18N2.